The smallest absolute Gasteiger partial charge is 0.249 e. The van der Waals surface area contributed by atoms with Gasteiger partial charge in [0.25, 0.3) is 0 Å². The number of hydrogen-bond donors (Lipinski definition) is 3. The molecule has 5 atom stereocenters. The van der Waals surface area contributed by atoms with Crippen LogP contribution in [0.25, 0.3) is 0 Å². The normalized spacial score (nSPS) is 25.9. The Labute approximate surface area is 221 Å². The van der Waals surface area contributed by atoms with E-state index in [0.29, 0.717) is 24.8 Å². The van der Waals surface area contributed by atoms with Crippen LogP contribution in [0.15, 0.2) is 23.5 Å². The first kappa shape index (κ1) is 27.6. The van der Waals surface area contributed by atoms with E-state index in [1.54, 1.807) is 0 Å². The van der Waals surface area contributed by atoms with E-state index in [0.717, 1.165) is 68.3 Å². The maximum atomic E-state index is 12.6. The second-order valence-electron chi connectivity index (χ2n) is 11.0. The van der Waals surface area contributed by atoms with E-state index in [2.05, 4.69) is 49.6 Å². The van der Waals surface area contributed by atoms with Gasteiger partial charge in [0, 0.05) is 43.5 Å². The van der Waals surface area contributed by atoms with Crippen molar-refractivity contribution in [2.24, 2.45) is 16.8 Å². The number of rotatable bonds is 12. The number of morpholine rings is 1. The molecule has 0 saturated carbocycles. The minimum atomic E-state index is -0.501. The molecule has 37 heavy (non-hydrogen) atoms. The number of carbonyl (C=O) groups is 1. The van der Waals surface area contributed by atoms with Crippen molar-refractivity contribution in [2.75, 3.05) is 25.2 Å². The first-order valence-corrected chi connectivity index (χ1v) is 14.3. The molecule has 0 aliphatic carbocycles. The molecule has 1 amide bonds. The van der Waals surface area contributed by atoms with E-state index in [-0.39, 0.29) is 24.1 Å². The van der Waals surface area contributed by atoms with Crippen molar-refractivity contribution in [3.8, 4) is 0 Å². The molecule has 3 aliphatic rings. The lowest BCUT2D eigenvalue weighted by Gasteiger charge is -2.36. The van der Waals surface area contributed by atoms with Gasteiger partial charge < -0.3 is 25.5 Å². The van der Waals surface area contributed by atoms with Crippen LogP contribution >= 0.6 is 0 Å². The fraction of sp³-hybridized carbons (Fsp3) is 0.750. The van der Waals surface area contributed by atoms with Crippen LogP contribution in [0, 0.1) is 11.8 Å². The van der Waals surface area contributed by atoms with E-state index in [1.807, 2.05) is 11.6 Å². The number of ether oxygens (including phenoxy) is 2. The standard InChI is InChI=1S/C28H46N6O3/c1-6-18(3)9-8-10-22(30-19(4)7-2)24-17-34-28(31-24)32-26(21-11-13-36-14-12-21)23(33-34)15-25-27(35)29-16-20(5)37-25/h17-18,20-23,25,30,33H,4,6-16H2,1-3,5H3,(H,29,35). The summed E-state index contributed by atoms with van der Waals surface area (Å²) in [6, 6.07) is -0.0222. The molecule has 4 heterocycles. The molecule has 9 heteroatoms. The molecule has 0 bridgehead atoms. The first-order valence-electron chi connectivity index (χ1n) is 14.3. The van der Waals surface area contributed by atoms with E-state index < -0.39 is 6.10 Å². The van der Waals surface area contributed by atoms with Crippen LogP contribution in [0.2, 0.25) is 0 Å². The molecule has 4 rings (SSSR count). The summed E-state index contributed by atoms with van der Waals surface area (Å²) in [4.78, 5) is 22.7. The van der Waals surface area contributed by atoms with Crippen LogP contribution in [0.4, 0.5) is 5.95 Å². The molecule has 3 N–H and O–H groups in total. The highest BCUT2D eigenvalue weighted by Gasteiger charge is 2.37. The van der Waals surface area contributed by atoms with Crippen molar-refractivity contribution in [1.29, 1.82) is 0 Å². The van der Waals surface area contributed by atoms with Crippen molar-refractivity contribution in [3.63, 3.8) is 0 Å². The highest BCUT2D eigenvalue weighted by Crippen LogP contribution is 2.31. The third-order valence-electron chi connectivity index (χ3n) is 7.98. The number of carbonyl (C=O) groups excluding carboxylic acids is 1. The zero-order valence-electron chi connectivity index (χ0n) is 23.1. The number of allylic oxidation sites excluding steroid dienone is 1. The third kappa shape index (κ3) is 7.13. The van der Waals surface area contributed by atoms with Crippen molar-refractivity contribution in [1.82, 2.24) is 20.3 Å². The van der Waals surface area contributed by atoms with E-state index >= 15 is 0 Å². The summed E-state index contributed by atoms with van der Waals surface area (Å²) in [5.74, 6) is 1.65. The molecule has 2 fully saturated rings. The lowest BCUT2D eigenvalue weighted by Crippen LogP contribution is -2.52. The molecule has 0 radical (unpaired) electrons. The second kappa shape index (κ2) is 12.9. The van der Waals surface area contributed by atoms with Crippen molar-refractivity contribution < 1.29 is 14.3 Å². The van der Waals surface area contributed by atoms with Gasteiger partial charge in [0.2, 0.25) is 11.9 Å². The molecule has 0 aromatic carbocycles. The number of nitrogens with one attached hydrogen (secondary N) is 3. The molecule has 5 unspecified atom stereocenters. The lowest BCUT2D eigenvalue weighted by molar-refractivity contribution is -0.143. The summed E-state index contributed by atoms with van der Waals surface area (Å²) in [6.07, 6.45) is 9.34. The minimum absolute atomic E-state index is 0.000840. The highest BCUT2D eigenvalue weighted by molar-refractivity contribution is 5.96. The summed E-state index contributed by atoms with van der Waals surface area (Å²) in [7, 11) is 0. The van der Waals surface area contributed by atoms with Crippen LogP contribution in [0.1, 0.15) is 90.8 Å². The zero-order chi connectivity index (χ0) is 26.4. The van der Waals surface area contributed by atoms with Gasteiger partial charge in [0.1, 0.15) is 6.10 Å². The monoisotopic (exact) mass is 514 g/mol. The molecule has 0 spiro atoms. The lowest BCUT2D eigenvalue weighted by atomic mass is 9.87. The minimum Gasteiger partial charge on any atom is -0.381 e. The molecule has 9 nitrogen and oxygen atoms in total. The summed E-state index contributed by atoms with van der Waals surface area (Å²) in [6.45, 7) is 14.9. The van der Waals surface area contributed by atoms with Crippen LogP contribution < -0.4 is 16.1 Å². The van der Waals surface area contributed by atoms with Crippen molar-refractivity contribution in [3.05, 3.63) is 24.2 Å². The number of nitrogens with zero attached hydrogens (tertiary/aromatic N) is 3. The SMILES string of the molecule is C=C(CC)NC(CCCC(C)CC)c1cn2c(n1)N=C(C1CCOCC1)C(CC1OC(C)CNC1=O)N2. The average molecular weight is 515 g/mol. The number of imidazole rings is 1. The average Bonchev–Trinajstić information content (AvgIpc) is 3.32. The number of fused-ring (bicyclic) bond motifs is 1. The topological polar surface area (TPSA) is 102 Å². The largest absolute Gasteiger partial charge is 0.381 e. The molecular weight excluding hydrogens is 468 g/mol. The number of aliphatic imine (C=N–C) groups is 1. The highest BCUT2D eigenvalue weighted by atomic mass is 16.5. The Morgan fingerprint density at radius 1 is 1.30 bits per heavy atom. The molecule has 2 saturated heterocycles. The van der Waals surface area contributed by atoms with Gasteiger partial charge in [-0.3, -0.25) is 4.79 Å². The second-order valence-corrected chi connectivity index (χ2v) is 11.0. The molecule has 1 aromatic rings. The van der Waals surface area contributed by atoms with Crippen LogP contribution in [0.3, 0.4) is 0 Å². The fourth-order valence-electron chi connectivity index (χ4n) is 5.34. The van der Waals surface area contributed by atoms with Crippen LogP contribution in [0.5, 0.6) is 0 Å². The number of aromatic nitrogens is 2. The first-order chi connectivity index (χ1) is 17.9. The Kier molecular flexibility index (Phi) is 9.65. The molecule has 206 valence electrons. The summed E-state index contributed by atoms with van der Waals surface area (Å²) in [5.41, 5.74) is 6.67. The fourth-order valence-corrected chi connectivity index (χ4v) is 5.34. The van der Waals surface area contributed by atoms with Gasteiger partial charge in [-0.1, -0.05) is 46.6 Å². The van der Waals surface area contributed by atoms with E-state index in [1.165, 1.54) is 12.8 Å². The third-order valence-corrected chi connectivity index (χ3v) is 7.98. The van der Waals surface area contributed by atoms with Gasteiger partial charge >= 0.3 is 0 Å². The summed E-state index contributed by atoms with van der Waals surface area (Å²) in [5, 5.41) is 6.58. The van der Waals surface area contributed by atoms with Gasteiger partial charge in [-0.25, -0.2) is 14.7 Å². The maximum absolute atomic E-state index is 12.6. The quantitative estimate of drug-likeness (QED) is 0.383. The summed E-state index contributed by atoms with van der Waals surface area (Å²) >= 11 is 0. The molecule has 1 aromatic heterocycles. The summed E-state index contributed by atoms with van der Waals surface area (Å²) < 4.78 is 13.6. The van der Waals surface area contributed by atoms with Crippen molar-refractivity contribution in [2.45, 2.75) is 103 Å². The number of hydrogen-bond acceptors (Lipinski definition) is 7. The van der Waals surface area contributed by atoms with Gasteiger partial charge in [-0.15, -0.1) is 0 Å². The number of amides is 1. The Hall–Kier alpha value is -2.39. The van der Waals surface area contributed by atoms with Gasteiger partial charge in [-0.2, -0.15) is 0 Å². The Morgan fingerprint density at radius 2 is 2.08 bits per heavy atom. The predicted molar refractivity (Wildman–Crippen MR) is 147 cm³/mol. The van der Waals surface area contributed by atoms with E-state index in [4.69, 9.17) is 19.5 Å². The Morgan fingerprint density at radius 3 is 2.81 bits per heavy atom. The Bertz CT molecular complexity index is 954. The van der Waals surface area contributed by atoms with Crippen molar-refractivity contribution >= 4 is 17.6 Å². The predicted octanol–water partition coefficient (Wildman–Crippen LogP) is 4.37. The van der Waals surface area contributed by atoms with Gasteiger partial charge in [-0.05, 0) is 38.5 Å². The van der Waals surface area contributed by atoms with Gasteiger partial charge in [0.05, 0.1) is 30.1 Å². The van der Waals surface area contributed by atoms with E-state index in [9.17, 15) is 4.79 Å². The van der Waals surface area contributed by atoms with Gasteiger partial charge in [0.15, 0.2) is 0 Å². The van der Waals surface area contributed by atoms with Crippen LogP contribution in [-0.2, 0) is 14.3 Å². The molecular formula is C28H46N6O3. The molecule has 3 aliphatic heterocycles. The van der Waals surface area contributed by atoms with Crippen LogP contribution in [-0.4, -0.2) is 59.3 Å². The zero-order valence-corrected chi connectivity index (χ0v) is 23.1. The maximum Gasteiger partial charge on any atom is 0.249 e. The Balaban J connectivity index is 1.56.